The largest absolute Gasteiger partial charge is 0.469 e. The molecule has 0 amide bonds. The van der Waals surface area contributed by atoms with Crippen molar-refractivity contribution < 1.29 is 9.53 Å². The van der Waals surface area contributed by atoms with Gasteiger partial charge < -0.3 is 4.74 Å². The van der Waals surface area contributed by atoms with E-state index in [1.165, 1.54) is 7.11 Å². The summed E-state index contributed by atoms with van der Waals surface area (Å²) >= 11 is 0. The Balaban J connectivity index is 3.53. The van der Waals surface area contributed by atoms with Crippen LogP contribution in [0.1, 0.15) is 51.4 Å². The van der Waals surface area contributed by atoms with Gasteiger partial charge in [0.1, 0.15) is 0 Å². The van der Waals surface area contributed by atoms with Crippen molar-refractivity contribution >= 4 is 5.97 Å². The fraction of sp³-hybridized carbons (Fsp3) is 0.476. The van der Waals surface area contributed by atoms with Crippen molar-refractivity contribution in [3.05, 3.63) is 59.1 Å². The SMILES string of the molecule is COC(=O)CCC/C=C/C/C=C/C/C=C/C/C=C/CC#CCCN=[N+]=[N-]. The highest BCUT2D eigenvalue weighted by Gasteiger charge is 1.96. The van der Waals surface area contributed by atoms with Crippen LogP contribution in [0, 0.1) is 11.8 Å². The second-order valence-electron chi connectivity index (χ2n) is 5.32. The number of esters is 1. The van der Waals surface area contributed by atoms with E-state index in [4.69, 9.17) is 5.53 Å². The molecule has 0 aliphatic carbocycles. The van der Waals surface area contributed by atoms with Gasteiger partial charge in [-0.1, -0.05) is 59.6 Å². The van der Waals surface area contributed by atoms with Crippen LogP contribution >= 0.6 is 0 Å². The number of rotatable bonds is 13. The molecule has 0 N–H and O–H groups in total. The van der Waals surface area contributed by atoms with Gasteiger partial charge in [0.05, 0.1) is 7.11 Å². The lowest BCUT2D eigenvalue weighted by atomic mass is 10.2. The van der Waals surface area contributed by atoms with Gasteiger partial charge in [0.15, 0.2) is 0 Å². The monoisotopic (exact) mass is 355 g/mol. The van der Waals surface area contributed by atoms with Gasteiger partial charge >= 0.3 is 5.97 Å². The molecule has 0 aromatic rings. The van der Waals surface area contributed by atoms with E-state index in [0.717, 1.165) is 38.5 Å². The van der Waals surface area contributed by atoms with E-state index < -0.39 is 0 Å². The smallest absolute Gasteiger partial charge is 0.305 e. The minimum atomic E-state index is -0.143. The Morgan fingerprint density at radius 1 is 1.00 bits per heavy atom. The summed E-state index contributed by atoms with van der Waals surface area (Å²) in [6.07, 6.45) is 23.3. The van der Waals surface area contributed by atoms with Gasteiger partial charge in [-0.05, 0) is 37.6 Å². The number of hydrogen-bond donors (Lipinski definition) is 0. The van der Waals surface area contributed by atoms with Gasteiger partial charge in [0.2, 0.25) is 0 Å². The number of nitrogens with zero attached hydrogens (tertiary/aromatic N) is 3. The van der Waals surface area contributed by atoms with Gasteiger partial charge in [0, 0.05) is 30.7 Å². The van der Waals surface area contributed by atoms with E-state index >= 15 is 0 Å². The van der Waals surface area contributed by atoms with Crippen molar-refractivity contribution in [2.75, 3.05) is 13.7 Å². The molecule has 26 heavy (non-hydrogen) atoms. The number of carbonyl (C=O) groups excluding carboxylic acids is 1. The van der Waals surface area contributed by atoms with Crippen LogP contribution in [0.5, 0.6) is 0 Å². The van der Waals surface area contributed by atoms with E-state index in [0.29, 0.717) is 19.4 Å². The van der Waals surface area contributed by atoms with E-state index in [-0.39, 0.29) is 5.97 Å². The first-order chi connectivity index (χ1) is 12.8. The number of hydrogen-bond acceptors (Lipinski definition) is 3. The molecule has 0 heterocycles. The fourth-order valence-electron chi connectivity index (χ4n) is 1.85. The first kappa shape index (κ1) is 23.3. The Labute approximate surface area is 157 Å². The Morgan fingerprint density at radius 2 is 1.62 bits per heavy atom. The molecule has 0 unspecified atom stereocenters. The summed E-state index contributed by atoms with van der Waals surface area (Å²) in [4.78, 5) is 13.6. The molecule has 0 radical (unpaired) electrons. The Kier molecular flexibility index (Phi) is 18.2. The Morgan fingerprint density at radius 3 is 2.23 bits per heavy atom. The van der Waals surface area contributed by atoms with E-state index in [2.05, 4.69) is 69.1 Å². The second-order valence-corrected chi connectivity index (χ2v) is 5.32. The molecule has 0 aromatic heterocycles. The molecule has 0 saturated heterocycles. The maximum Gasteiger partial charge on any atom is 0.305 e. The lowest BCUT2D eigenvalue weighted by molar-refractivity contribution is -0.140. The zero-order valence-corrected chi connectivity index (χ0v) is 15.6. The molecule has 5 nitrogen and oxygen atoms in total. The summed E-state index contributed by atoms with van der Waals surface area (Å²) in [6, 6.07) is 0. The molecule has 0 atom stereocenters. The predicted octanol–water partition coefficient (Wildman–Crippen LogP) is 5.82. The van der Waals surface area contributed by atoms with Crippen LogP contribution < -0.4 is 0 Å². The highest BCUT2D eigenvalue weighted by molar-refractivity contribution is 5.69. The van der Waals surface area contributed by atoms with Gasteiger partial charge in [0.25, 0.3) is 0 Å². The average Bonchev–Trinajstić information content (AvgIpc) is 2.66. The maximum atomic E-state index is 10.9. The van der Waals surface area contributed by atoms with Crippen molar-refractivity contribution in [1.82, 2.24) is 0 Å². The normalized spacial score (nSPS) is 11.1. The summed E-state index contributed by atoms with van der Waals surface area (Å²) in [6.45, 7) is 0.439. The Hall–Kier alpha value is -2.70. The van der Waals surface area contributed by atoms with Crippen molar-refractivity contribution in [3.8, 4) is 11.8 Å². The molecule has 0 aliphatic heterocycles. The number of unbranched alkanes of at least 4 members (excludes halogenated alkanes) is 1. The topological polar surface area (TPSA) is 75.1 Å². The van der Waals surface area contributed by atoms with Crippen LogP contribution in [0.4, 0.5) is 0 Å². The molecule has 0 spiro atoms. The summed E-state index contributed by atoms with van der Waals surface area (Å²) in [5.41, 5.74) is 8.10. The zero-order valence-electron chi connectivity index (χ0n) is 15.6. The summed E-state index contributed by atoms with van der Waals surface area (Å²) in [5, 5.41) is 3.42. The average molecular weight is 355 g/mol. The number of methoxy groups -OCH3 is 1. The third-order valence-electron chi connectivity index (χ3n) is 3.21. The molecule has 0 aliphatic rings. The summed E-state index contributed by atoms with van der Waals surface area (Å²) < 4.78 is 4.59. The molecular weight excluding hydrogens is 326 g/mol. The van der Waals surface area contributed by atoms with Crippen LogP contribution in [0.3, 0.4) is 0 Å². The molecule has 0 aromatic carbocycles. The first-order valence-corrected chi connectivity index (χ1v) is 8.94. The van der Waals surface area contributed by atoms with Crippen LogP contribution in [0.25, 0.3) is 10.4 Å². The first-order valence-electron chi connectivity index (χ1n) is 8.94. The van der Waals surface area contributed by atoms with Gasteiger partial charge in [-0.2, -0.15) is 0 Å². The number of azide groups is 1. The van der Waals surface area contributed by atoms with Crippen molar-refractivity contribution in [2.45, 2.75) is 51.4 Å². The third kappa shape index (κ3) is 19.3. The second kappa shape index (κ2) is 20.3. The molecule has 5 heteroatoms. The van der Waals surface area contributed by atoms with Gasteiger partial charge in [-0.25, -0.2) is 0 Å². The number of ether oxygens (including phenoxy) is 1. The lowest BCUT2D eigenvalue weighted by Crippen LogP contribution is -1.98. The van der Waals surface area contributed by atoms with E-state index in [1.807, 2.05) is 6.08 Å². The zero-order chi connectivity index (χ0) is 19.1. The summed E-state index contributed by atoms with van der Waals surface area (Å²) in [5.74, 6) is 5.82. The standard InChI is InChI=1S/C21H29N3O2/c1-26-21(25)19-17-15-13-11-9-7-5-3-2-4-6-8-10-12-14-16-18-20-23-24-22/h2,4-5,7-8,10-11,13H,3,6,9,12,15,17-20H2,1H3/b4-2+,7-5+,10-8+,13-11+. The predicted molar refractivity (Wildman–Crippen MR) is 107 cm³/mol. The molecular formula is C21H29N3O2. The van der Waals surface area contributed by atoms with Gasteiger partial charge in [-0.3, -0.25) is 4.79 Å². The number of allylic oxidation sites excluding steroid dienone is 8. The van der Waals surface area contributed by atoms with Gasteiger partial charge in [-0.15, -0.1) is 5.92 Å². The quantitative estimate of drug-likeness (QED) is 0.0794. The van der Waals surface area contributed by atoms with E-state index in [1.54, 1.807) is 0 Å². The van der Waals surface area contributed by atoms with Crippen molar-refractivity contribution in [1.29, 1.82) is 0 Å². The van der Waals surface area contributed by atoms with Crippen LogP contribution in [-0.2, 0) is 9.53 Å². The van der Waals surface area contributed by atoms with Crippen LogP contribution in [0.15, 0.2) is 53.7 Å². The fourth-order valence-corrected chi connectivity index (χ4v) is 1.85. The molecule has 0 fully saturated rings. The lowest BCUT2D eigenvalue weighted by Gasteiger charge is -1.95. The highest BCUT2D eigenvalue weighted by atomic mass is 16.5. The van der Waals surface area contributed by atoms with Crippen LogP contribution in [-0.4, -0.2) is 19.6 Å². The van der Waals surface area contributed by atoms with E-state index in [9.17, 15) is 4.79 Å². The van der Waals surface area contributed by atoms with Crippen LogP contribution in [0.2, 0.25) is 0 Å². The summed E-state index contributed by atoms with van der Waals surface area (Å²) in [7, 11) is 1.42. The molecule has 140 valence electrons. The maximum absolute atomic E-state index is 10.9. The molecule has 0 bridgehead atoms. The minimum Gasteiger partial charge on any atom is -0.469 e. The molecule has 0 saturated carbocycles. The Bertz CT molecular complexity index is 586. The van der Waals surface area contributed by atoms with Crippen molar-refractivity contribution in [2.24, 2.45) is 5.11 Å². The third-order valence-corrected chi connectivity index (χ3v) is 3.21. The van der Waals surface area contributed by atoms with Crippen molar-refractivity contribution in [3.63, 3.8) is 0 Å². The molecule has 0 rings (SSSR count). The number of carbonyl (C=O) groups is 1. The highest BCUT2D eigenvalue weighted by Crippen LogP contribution is 2.00. The minimum absolute atomic E-state index is 0.143.